The van der Waals surface area contributed by atoms with Crippen LogP contribution in [0.25, 0.3) is 0 Å². The first-order valence-electron chi connectivity index (χ1n) is 7.60. The lowest BCUT2D eigenvalue weighted by Gasteiger charge is -2.14. The molecule has 1 atom stereocenters. The molecule has 2 aromatic rings. The number of hydrogen-bond donors (Lipinski definition) is 1. The van der Waals surface area contributed by atoms with Gasteiger partial charge in [-0.05, 0) is 37.4 Å². The van der Waals surface area contributed by atoms with Gasteiger partial charge in [-0.1, -0.05) is 55.0 Å². The molecule has 0 spiro atoms. The monoisotopic (exact) mass is 283 g/mol. The third-order valence-corrected chi connectivity index (χ3v) is 3.87. The third kappa shape index (κ3) is 4.61. The molecular weight excluding hydrogens is 258 g/mol. The van der Waals surface area contributed by atoms with E-state index in [1.807, 2.05) is 6.07 Å². The topological polar surface area (TPSA) is 21.3 Å². The fraction of sp³-hybridized carbons (Fsp3) is 0.368. The molecule has 0 aliphatic heterocycles. The predicted octanol–water partition coefficient (Wildman–Crippen LogP) is 4.29. The maximum absolute atomic E-state index is 5.41. The van der Waals surface area contributed by atoms with Gasteiger partial charge in [0.2, 0.25) is 0 Å². The number of aryl methyl sites for hydroxylation is 1. The van der Waals surface area contributed by atoms with Crippen LogP contribution in [0.2, 0.25) is 0 Å². The first-order valence-corrected chi connectivity index (χ1v) is 7.60. The molecule has 0 bridgehead atoms. The molecule has 21 heavy (non-hydrogen) atoms. The van der Waals surface area contributed by atoms with E-state index in [0.29, 0.717) is 5.92 Å². The average molecular weight is 283 g/mol. The molecule has 112 valence electrons. The molecule has 2 nitrogen and oxygen atoms in total. The van der Waals surface area contributed by atoms with Crippen LogP contribution in [-0.4, -0.2) is 13.7 Å². The van der Waals surface area contributed by atoms with Crippen molar-refractivity contribution in [1.29, 1.82) is 0 Å². The summed E-state index contributed by atoms with van der Waals surface area (Å²) in [6.45, 7) is 6.25. The van der Waals surface area contributed by atoms with Gasteiger partial charge in [0.1, 0.15) is 5.75 Å². The Balaban J connectivity index is 1.81. The highest BCUT2D eigenvalue weighted by Crippen LogP contribution is 2.20. The summed E-state index contributed by atoms with van der Waals surface area (Å²) in [6.07, 6.45) is 1.14. The molecule has 0 saturated carbocycles. The van der Waals surface area contributed by atoms with Gasteiger partial charge in [-0.15, -0.1) is 0 Å². The van der Waals surface area contributed by atoms with Crippen molar-refractivity contribution in [3.63, 3.8) is 0 Å². The molecule has 1 unspecified atom stereocenters. The van der Waals surface area contributed by atoms with E-state index >= 15 is 0 Å². The number of nitrogens with one attached hydrogen (secondary N) is 1. The minimum absolute atomic E-state index is 0.582. The molecule has 0 amide bonds. The molecule has 0 aliphatic carbocycles. The Labute approximate surface area is 128 Å². The highest BCUT2D eigenvalue weighted by Gasteiger charge is 2.06. The van der Waals surface area contributed by atoms with Gasteiger partial charge in [0.05, 0.1) is 7.11 Å². The van der Waals surface area contributed by atoms with Gasteiger partial charge in [-0.3, -0.25) is 0 Å². The Hall–Kier alpha value is -1.80. The summed E-state index contributed by atoms with van der Waals surface area (Å²) in [6, 6.07) is 17.0. The molecule has 0 heterocycles. The highest BCUT2D eigenvalue weighted by atomic mass is 16.5. The zero-order chi connectivity index (χ0) is 15.1. The molecular formula is C19H25NO. The Bertz CT molecular complexity index is 551. The van der Waals surface area contributed by atoms with Gasteiger partial charge >= 0.3 is 0 Å². The standard InChI is InChI=1S/C19H25NO/c1-15-9-10-19(21-3)18(13-15)14-20-12-11-16(2)17-7-5-4-6-8-17/h4-10,13,16,20H,11-12,14H2,1-3H3. The summed E-state index contributed by atoms with van der Waals surface area (Å²) in [5.74, 6) is 1.54. The summed E-state index contributed by atoms with van der Waals surface area (Å²) >= 11 is 0. The smallest absolute Gasteiger partial charge is 0.123 e. The van der Waals surface area contributed by atoms with Gasteiger partial charge in [0.15, 0.2) is 0 Å². The fourth-order valence-corrected chi connectivity index (χ4v) is 2.54. The van der Waals surface area contributed by atoms with Gasteiger partial charge < -0.3 is 10.1 Å². The van der Waals surface area contributed by atoms with Crippen LogP contribution in [0.4, 0.5) is 0 Å². The zero-order valence-corrected chi connectivity index (χ0v) is 13.2. The van der Waals surface area contributed by atoms with Crippen molar-refractivity contribution < 1.29 is 4.74 Å². The SMILES string of the molecule is COc1ccc(C)cc1CNCCC(C)c1ccccc1. The highest BCUT2D eigenvalue weighted by molar-refractivity contribution is 5.36. The second-order valence-corrected chi connectivity index (χ2v) is 5.59. The van der Waals surface area contributed by atoms with Crippen LogP contribution >= 0.6 is 0 Å². The van der Waals surface area contributed by atoms with Crippen molar-refractivity contribution in [2.75, 3.05) is 13.7 Å². The van der Waals surface area contributed by atoms with Crippen LogP contribution in [0.1, 0.15) is 36.0 Å². The largest absolute Gasteiger partial charge is 0.496 e. The number of hydrogen-bond acceptors (Lipinski definition) is 2. The van der Waals surface area contributed by atoms with Crippen molar-refractivity contribution in [3.05, 3.63) is 65.2 Å². The molecule has 0 radical (unpaired) electrons. The second-order valence-electron chi connectivity index (χ2n) is 5.59. The van der Waals surface area contributed by atoms with Crippen molar-refractivity contribution >= 4 is 0 Å². The van der Waals surface area contributed by atoms with Gasteiger partial charge in [0.25, 0.3) is 0 Å². The van der Waals surface area contributed by atoms with Gasteiger partial charge in [-0.25, -0.2) is 0 Å². The van der Waals surface area contributed by atoms with Crippen molar-refractivity contribution in [2.45, 2.75) is 32.7 Å². The van der Waals surface area contributed by atoms with Crippen LogP contribution in [-0.2, 0) is 6.54 Å². The summed E-state index contributed by atoms with van der Waals surface area (Å²) in [5, 5.41) is 3.52. The van der Waals surface area contributed by atoms with Crippen LogP contribution in [0.15, 0.2) is 48.5 Å². The van der Waals surface area contributed by atoms with E-state index < -0.39 is 0 Å². The summed E-state index contributed by atoms with van der Waals surface area (Å²) in [4.78, 5) is 0. The van der Waals surface area contributed by atoms with E-state index in [1.54, 1.807) is 7.11 Å². The first kappa shape index (κ1) is 15.6. The number of methoxy groups -OCH3 is 1. The fourth-order valence-electron chi connectivity index (χ4n) is 2.54. The Morgan fingerprint density at radius 3 is 2.57 bits per heavy atom. The maximum atomic E-state index is 5.41. The normalized spacial score (nSPS) is 12.1. The number of ether oxygens (including phenoxy) is 1. The second kappa shape index (κ2) is 7.84. The molecule has 0 saturated heterocycles. The average Bonchev–Trinajstić information content (AvgIpc) is 2.52. The zero-order valence-electron chi connectivity index (χ0n) is 13.2. The van der Waals surface area contributed by atoms with Crippen molar-refractivity contribution in [2.24, 2.45) is 0 Å². The van der Waals surface area contributed by atoms with Crippen LogP contribution in [0, 0.1) is 6.92 Å². The number of benzene rings is 2. The Morgan fingerprint density at radius 1 is 1.10 bits per heavy atom. The van der Waals surface area contributed by atoms with E-state index in [9.17, 15) is 0 Å². The molecule has 0 fully saturated rings. The van der Waals surface area contributed by atoms with Crippen LogP contribution in [0.5, 0.6) is 5.75 Å². The lowest BCUT2D eigenvalue weighted by Crippen LogP contribution is -2.17. The summed E-state index contributed by atoms with van der Waals surface area (Å²) < 4.78 is 5.41. The lowest BCUT2D eigenvalue weighted by molar-refractivity contribution is 0.407. The maximum Gasteiger partial charge on any atom is 0.123 e. The van der Waals surface area contributed by atoms with Gasteiger partial charge in [-0.2, -0.15) is 0 Å². The Morgan fingerprint density at radius 2 is 1.86 bits per heavy atom. The van der Waals surface area contributed by atoms with E-state index in [1.165, 1.54) is 16.7 Å². The number of rotatable bonds is 7. The van der Waals surface area contributed by atoms with Crippen molar-refractivity contribution in [3.8, 4) is 5.75 Å². The quantitative estimate of drug-likeness (QED) is 0.765. The van der Waals surface area contributed by atoms with E-state index in [0.717, 1.165) is 25.3 Å². The van der Waals surface area contributed by atoms with E-state index in [2.05, 4.69) is 61.6 Å². The van der Waals surface area contributed by atoms with Crippen LogP contribution < -0.4 is 10.1 Å². The third-order valence-electron chi connectivity index (χ3n) is 3.87. The summed E-state index contributed by atoms with van der Waals surface area (Å²) in [7, 11) is 1.73. The first-order chi connectivity index (χ1) is 10.2. The van der Waals surface area contributed by atoms with Gasteiger partial charge in [0, 0.05) is 12.1 Å². The minimum atomic E-state index is 0.582. The molecule has 2 heteroatoms. The Kier molecular flexibility index (Phi) is 5.82. The molecule has 2 aromatic carbocycles. The molecule has 2 rings (SSSR count). The van der Waals surface area contributed by atoms with E-state index in [4.69, 9.17) is 4.74 Å². The molecule has 0 aliphatic rings. The van der Waals surface area contributed by atoms with Crippen molar-refractivity contribution in [1.82, 2.24) is 5.32 Å². The van der Waals surface area contributed by atoms with E-state index in [-0.39, 0.29) is 0 Å². The molecule has 1 N–H and O–H groups in total. The molecule has 0 aromatic heterocycles. The predicted molar refractivity (Wildman–Crippen MR) is 88.9 cm³/mol. The minimum Gasteiger partial charge on any atom is -0.496 e. The summed E-state index contributed by atoms with van der Waals surface area (Å²) in [5.41, 5.74) is 3.91. The lowest BCUT2D eigenvalue weighted by atomic mass is 9.98. The van der Waals surface area contributed by atoms with Crippen LogP contribution in [0.3, 0.4) is 0 Å².